The number of rotatable bonds is 7. The first kappa shape index (κ1) is 14.1. The van der Waals surface area contributed by atoms with Crippen LogP contribution in [0.25, 0.3) is 0 Å². The largest absolute Gasteiger partial charge is 0.312 e. The number of hydrogen-bond acceptors (Lipinski definition) is 2. The summed E-state index contributed by atoms with van der Waals surface area (Å²) in [5.74, 6) is 0. The summed E-state index contributed by atoms with van der Waals surface area (Å²) in [7, 11) is 0. The zero-order valence-corrected chi connectivity index (χ0v) is 11.1. The van der Waals surface area contributed by atoms with Gasteiger partial charge in [0.05, 0.1) is 0 Å². The molecule has 1 nitrogen and oxygen atoms in total. The molecule has 0 unspecified atom stereocenters. The first-order valence-electron chi connectivity index (χ1n) is 5.49. The van der Waals surface area contributed by atoms with Gasteiger partial charge in [0.25, 0.3) is 0 Å². The Hall–Kier alpha value is 0.0500. The van der Waals surface area contributed by atoms with Crippen LogP contribution in [0.4, 0.5) is 0 Å². The van der Waals surface area contributed by atoms with Crippen LogP contribution in [0.15, 0.2) is 11.6 Å². The first-order chi connectivity index (χ1) is 6.60. The highest BCUT2D eigenvalue weighted by Gasteiger charge is 2.23. The Labute approximate surface area is 93.7 Å². The monoisotopic (exact) mass is 215 g/mol. The number of hydrogen-bond donors (Lipinski definition) is 1. The quantitative estimate of drug-likeness (QED) is 0.515. The molecule has 0 aliphatic rings. The van der Waals surface area contributed by atoms with Crippen molar-refractivity contribution >= 4 is 11.8 Å². The Morgan fingerprint density at radius 2 is 1.86 bits per heavy atom. The summed E-state index contributed by atoms with van der Waals surface area (Å²) < 4.78 is 0.440. The normalized spacial score (nSPS) is 11.5. The molecule has 1 N–H and O–H groups in total. The summed E-state index contributed by atoms with van der Waals surface area (Å²) in [5, 5.41) is 3.51. The molecule has 14 heavy (non-hydrogen) atoms. The molecule has 0 aliphatic heterocycles. The maximum atomic E-state index is 3.51. The van der Waals surface area contributed by atoms with Crippen molar-refractivity contribution in [1.29, 1.82) is 0 Å². The molecule has 0 aliphatic carbocycles. The van der Waals surface area contributed by atoms with Crippen molar-refractivity contribution in [3.05, 3.63) is 11.6 Å². The van der Waals surface area contributed by atoms with Crippen molar-refractivity contribution in [2.75, 3.05) is 19.3 Å². The average molecular weight is 215 g/mol. The summed E-state index contributed by atoms with van der Waals surface area (Å²) in [6, 6.07) is 0. The third kappa shape index (κ3) is 5.06. The molecule has 84 valence electrons. The van der Waals surface area contributed by atoms with Gasteiger partial charge in [0, 0.05) is 17.8 Å². The zero-order chi connectivity index (χ0) is 11.0. The van der Waals surface area contributed by atoms with Gasteiger partial charge in [-0.05, 0) is 32.9 Å². The van der Waals surface area contributed by atoms with E-state index in [1.807, 2.05) is 11.8 Å². The Bertz CT molecular complexity index is 159. The van der Waals surface area contributed by atoms with E-state index >= 15 is 0 Å². The molecule has 0 fully saturated rings. The second-order valence-electron chi connectivity index (χ2n) is 4.01. The lowest BCUT2D eigenvalue weighted by atomic mass is 10.0. The van der Waals surface area contributed by atoms with Crippen LogP contribution in [0.2, 0.25) is 0 Å². The van der Waals surface area contributed by atoms with Crippen LogP contribution in [0.3, 0.4) is 0 Å². The van der Waals surface area contributed by atoms with Crippen LogP contribution in [0.1, 0.15) is 40.5 Å². The summed E-state index contributed by atoms with van der Waals surface area (Å²) in [4.78, 5) is 0. The summed E-state index contributed by atoms with van der Waals surface area (Å²) in [6.07, 6.45) is 6.95. The van der Waals surface area contributed by atoms with Gasteiger partial charge in [-0.3, -0.25) is 0 Å². The molecule has 0 saturated heterocycles. The second-order valence-corrected chi connectivity index (χ2v) is 5.28. The lowest BCUT2D eigenvalue weighted by Gasteiger charge is -2.29. The molecule has 0 amide bonds. The minimum atomic E-state index is 0.440. The second kappa shape index (κ2) is 7.36. The molecule has 0 bridgehead atoms. The molecule has 0 spiro atoms. The van der Waals surface area contributed by atoms with Crippen molar-refractivity contribution in [2.45, 2.75) is 45.3 Å². The number of allylic oxidation sites excluding steroid dienone is 1. The van der Waals surface area contributed by atoms with Gasteiger partial charge in [0.2, 0.25) is 0 Å². The maximum Gasteiger partial charge on any atom is 0.0276 e. The zero-order valence-electron chi connectivity index (χ0n) is 10.3. The molecule has 0 heterocycles. The van der Waals surface area contributed by atoms with Gasteiger partial charge in [0.1, 0.15) is 0 Å². The van der Waals surface area contributed by atoms with Crippen LogP contribution in [0.5, 0.6) is 0 Å². The van der Waals surface area contributed by atoms with Crippen molar-refractivity contribution in [2.24, 2.45) is 0 Å². The predicted molar refractivity (Wildman–Crippen MR) is 69.1 cm³/mol. The van der Waals surface area contributed by atoms with Gasteiger partial charge in [-0.25, -0.2) is 0 Å². The molecular formula is C12H25NS. The minimum Gasteiger partial charge on any atom is -0.312 e. The highest BCUT2D eigenvalue weighted by Crippen LogP contribution is 2.29. The molecule has 0 aromatic rings. The predicted octanol–water partition coefficient (Wildman–Crippen LogP) is 3.46. The van der Waals surface area contributed by atoms with E-state index in [0.717, 1.165) is 13.1 Å². The van der Waals surface area contributed by atoms with E-state index in [-0.39, 0.29) is 0 Å². The fourth-order valence-corrected chi connectivity index (χ4v) is 2.26. The smallest absolute Gasteiger partial charge is 0.0276 e. The molecule has 2 heteroatoms. The Morgan fingerprint density at radius 1 is 1.29 bits per heavy atom. The van der Waals surface area contributed by atoms with E-state index in [9.17, 15) is 0 Å². The average Bonchev–Trinajstić information content (AvgIpc) is 2.19. The number of nitrogens with one attached hydrogen (secondary N) is 1. The van der Waals surface area contributed by atoms with Crippen LogP contribution in [-0.2, 0) is 0 Å². The van der Waals surface area contributed by atoms with Crippen LogP contribution < -0.4 is 5.32 Å². The van der Waals surface area contributed by atoms with Crippen molar-refractivity contribution in [3.63, 3.8) is 0 Å². The third-order valence-corrected chi connectivity index (χ3v) is 4.41. The SMILES string of the molecule is CCC(CC)(CNCC=C(C)C)SC. The molecule has 0 saturated carbocycles. The van der Waals surface area contributed by atoms with Gasteiger partial charge in [0.15, 0.2) is 0 Å². The van der Waals surface area contributed by atoms with Crippen molar-refractivity contribution < 1.29 is 0 Å². The van der Waals surface area contributed by atoms with Crippen LogP contribution >= 0.6 is 11.8 Å². The summed E-state index contributed by atoms with van der Waals surface area (Å²) >= 11 is 1.99. The fourth-order valence-electron chi connectivity index (χ4n) is 1.44. The molecular weight excluding hydrogens is 190 g/mol. The fraction of sp³-hybridized carbons (Fsp3) is 0.833. The van der Waals surface area contributed by atoms with Gasteiger partial charge < -0.3 is 5.32 Å². The van der Waals surface area contributed by atoms with E-state index in [0.29, 0.717) is 4.75 Å². The minimum absolute atomic E-state index is 0.440. The molecule has 0 aromatic carbocycles. The lowest BCUT2D eigenvalue weighted by Crippen LogP contribution is -2.36. The van der Waals surface area contributed by atoms with Crippen molar-refractivity contribution in [1.82, 2.24) is 5.32 Å². The molecule has 0 rings (SSSR count). The maximum absolute atomic E-state index is 3.51. The van der Waals surface area contributed by atoms with E-state index < -0.39 is 0 Å². The standard InChI is InChI=1S/C12H25NS/c1-6-12(7-2,14-5)10-13-9-8-11(3)4/h8,13H,6-7,9-10H2,1-5H3. The van der Waals surface area contributed by atoms with Gasteiger partial charge in [-0.15, -0.1) is 0 Å². The highest BCUT2D eigenvalue weighted by molar-refractivity contribution is 8.00. The Balaban J connectivity index is 3.89. The summed E-state index contributed by atoms with van der Waals surface area (Å²) in [6.45, 7) is 11.0. The highest BCUT2D eigenvalue weighted by atomic mass is 32.2. The molecule has 0 atom stereocenters. The van der Waals surface area contributed by atoms with Gasteiger partial charge in [-0.1, -0.05) is 25.5 Å². The van der Waals surface area contributed by atoms with E-state index in [1.165, 1.54) is 18.4 Å². The number of thioether (sulfide) groups is 1. The van der Waals surface area contributed by atoms with Crippen LogP contribution in [0, 0.1) is 0 Å². The van der Waals surface area contributed by atoms with Gasteiger partial charge in [-0.2, -0.15) is 11.8 Å². The lowest BCUT2D eigenvalue weighted by molar-refractivity contribution is 0.509. The third-order valence-electron chi connectivity index (χ3n) is 2.82. The topological polar surface area (TPSA) is 12.0 Å². The van der Waals surface area contributed by atoms with Gasteiger partial charge >= 0.3 is 0 Å². The first-order valence-corrected chi connectivity index (χ1v) is 6.72. The molecule has 0 radical (unpaired) electrons. The molecule has 0 aromatic heterocycles. The Kier molecular flexibility index (Phi) is 7.38. The van der Waals surface area contributed by atoms with E-state index in [1.54, 1.807) is 0 Å². The summed E-state index contributed by atoms with van der Waals surface area (Å²) in [5.41, 5.74) is 1.39. The van der Waals surface area contributed by atoms with E-state index in [2.05, 4.69) is 45.3 Å². The van der Waals surface area contributed by atoms with E-state index in [4.69, 9.17) is 0 Å². The Morgan fingerprint density at radius 3 is 2.21 bits per heavy atom. The van der Waals surface area contributed by atoms with Crippen molar-refractivity contribution in [3.8, 4) is 0 Å². The van der Waals surface area contributed by atoms with Crippen LogP contribution in [-0.4, -0.2) is 24.1 Å².